The van der Waals surface area contributed by atoms with Gasteiger partial charge in [0.2, 0.25) is 5.90 Å². The molecule has 1 aromatic rings. The molecule has 1 N–H and O–H groups in total. The van der Waals surface area contributed by atoms with Crippen molar-refractivity contribution in [3.63, 3.8) is 0 Å². The number of hydrogen-bond acceptors (Lipinski definition) is 4. The van der Waals surface area contributed by atoms with Gasteiger partial charge >= 0.3 is 0 Å². The number of alkyl halides is 3. The Balaban J connectivity index is 2.00. The van der Waals surface area contributed by atoms with Gasteiger partial charge in [0.15, 0.2) is 0 Å². The van der Waals surface area contributed by atoms with Gasteiger partial charge in [0, 0.05) is 13.1 Å². The van der Waals surface area contributed by atoms with Crippen molar-refractivity contribution in [1.29, 1.82) is 5.41 Å². The lowest BCUT2D eigenvalue weighted by molar-refractivity contribution is -0.181. The number of benzene rings is 1. The van der Waals surface area contributed by atoms with Gasteiger partial charge in [-0.2, -0.15) is 0 Å². The van der Waals surface area contributed by atoms with Crippen molar-refractivity contribution in [1.82, 2.24) is 4.90 Å². The maximum Gasteiger partial charge on any atom is 0.292 e. The molecule has 1 aliphatic heterocycles. The highest BCUT2D eigenvalue weighted by Crippen LogP contribution is 2.29. The molecule has 2 rings (SSSR count). The van der Waals surface area contributed by atoms with Crippen LogP contribution in [0.5, 0.6) is 0 Å². The number of rotatable bonds is 3. The maximum atomic E-state index is 12.2. The Labute approximate surface area is 137 Å². The number of morpholine rings is 1. The molecule has 0 aliphatic carbocycles. The molecule has 0 radical (unpaired) electrons. The van der Waals surface area contributed by atoms with Crippen LogP contribution in [-0.2, 0) is 20.8 Å². The van der Waals surface area contributed by atoms with Crippen LogP contribution in [0.25, 0.3) is 0 Å². The van der Waals surface area contributed by atoms with E-state index in [2.05, 4.69) is 0 Å². The van der Waals surface area contributed by atoms with Crippen LogP contribution in [0.4, 0.5) is 0 Å². The van der Waals surface area contributed by atoms with Gasteiger partial charge in [0.1, 0.15) is 0 Å². The average molecular weight is 352 g/mol. The zero-order chi connectivity index (χ0) is 15.5. The molecule has 1 unspecified atom stereocenters. The first-order valence-corrected chi connectivity index (χ1v) is 7.28. The van der Waals surface area contributed by atoms with Crippen molar-refractivity contribution in [2.75, 3.05) is 13.2 Å². The number of hydrogen-bond donors (Lipinski definition) is 1. The molecule has 1 aromatic carbocycles. The van der Waals surface area contributed by atoms with Crippen LogP contribution in [0.3, 0.4) is 0 Å². The molecule has 0 spiro atoms. The van der Waals surface area contributed by atoms with Crippen LogP contribution in [0, 0.1) is 5.41 Å². The van der Waals surface area contributed by atoms with Crippen molar-refractivity contribution in [2.45, 2.75) is 16.6 Å². The standard InChI is InChI=1S/C13H13Cl3N2O3/c14-13(15,16)12(17)21-11-10(19)18(6-7-20-11)8-9-4-2-1-3-5-9/h1-5,11,17H,6-8H2. The van der Waals surface area contributed by atoms with E-state index in [4.69, 9.17) is 49.7 Å². The lowest BCUT2D eigenvalue weighted by Gasteiger charge is -2.32. The SMILES string of the molecule is N=C(OC1OCCN(Cc2ccccc2)C1=O)C(Cl)(Cl)Cl. The Hall–Kier alpha value is -1.01. The van der Waals surface area contributed by atoms with Crippen LogP contribution < -0.4 is 0 Å². The summed E-state index contributed by atoms with van der Waals surface area (Å²) in [6.07, 6.45) is -1.26. The van der Waals surface area contributed by atoms with Crippen molar-refractivity contribution in [2.24, 2.45) is 0 Å². The predicted molar refractivity (Wildman–Crippen MR) is 80.7 cm³/mol. The predicted octanol–water partition coefficient (Wildman–Crippen LogP) is 2.74. The van der Waals surface area contributed by atoms with E-state index in [-0.39, 0.29) is 6.61 Å². The molecule has 1 amide bonds. The lowest BCUT2D eigenvalue weighted by atomic mass is 10.2. The molecule has 5 nitrogen and oxygen atoms in total. The summed E-state index contributed by atoms with van der Waals surface area (Å²) in [5.41, 5.74) is 0.989. The highest BCUT2D eigenvalue weighted by molar-refractivity contribution is 6.76. The van der Waals surface area contributed by atoms with Gasteiger partial charge in [-0.3, -0.25) is 10.2 Å². The fourth-order valence-electron chi connectivity index (χ4n) is 1.82. The van der Waals surface area contributed by atoms with Crippen LogP contribution in [0.2, 0.25) is 0 Å². The number of ether oxygens (including phenoxy) is 2. The molecule has 8 heteroatoms. The van der Waals surface area contributed by atoms with E-state index in [9.17, 15) is 4.79 Å². The zero-order valence-corrected chi connectivity index (χ0v) is 13.2. The van der Waals surface area contributed by atoms with E-state index >= 15 is 0 Å². The fourth-order valence-corrected chi connectivity index (χ4v) is 1.95. The van der Waals surface area contributed by atoms with E-state index < -0.39 is 21.9 Å². The quantitative estimate of drug-likeness (QED) is 0.517. The molecule has 0 aromatic heterocycles. The Kier molecular flexibility index (Phi) is 5.32. The molecular formula is C13H13Cl3N2O3. The number of carbonyl (C=O) groups excluding carboxylic acids is 1. The Morgan fingerprint density at radius 3 is 2.67 bits per heavy atom. The smallest absolute Gasteiger partial charge is 0.292 e. The Bertz CT molecular complexity index is 519. The van der Waals surface area contributed by atoms with Crippen LogP contribution in [0.15, 0.2) is 30.3 Å². The first-order valence-electron chi connectivity index (χ1n) is 6.14. The summed E-state index contributed by atoms with van der Waals surface area (Å²) in [4.78, 5) is 13.8. The molecule has 114 valence electrons. The summed E-state index contributed by atoms with van der Waals surface area (Å²) in [5.74, 6) is -1.04. The van der Waals surface area contributed by atoms with Crippen molar-refractivity contribution >= 4 is 46.6 Å². The molecule has 1 fully saturated rings. The zero-order valence-electron chi connectivity index (χ0n) is 10.9. The van der Waals surface area contributed by atoms with Gasteiger partial charge < -0.3 is 14.4 Å². The van der Waals surface area contributed by atoms with Gasteiger partial charge in [-0.15, -0.1) is 0 Å². The molecule has 1 heterocycles. The van der Waals surface area contributed by atoms with E-state index in [1.807, 2.05) is 30.3 Å². The number of nitrogens with one attached hydrogen (secondary N) is 1. The van der Waals surface area contributed by atoms with E-state index in [0.717, 1.165) is 5.56 Å². The first kappa shape index (κ1) is 16.4. The van der Waals surface area contributed by atoms with Gasteiger partial charge in [-0.1, -0.05) is 65.1 Å². The highest BCUT2D eigenvalue weighted by Gasteiger charge is 2.37. The minimum Gasteiger partial charge on any atom is -0.438 e. The minimum absolute atomic E-state index is 0.288. The third-order valence-corrected chi connectivity index (χ3v) is 3.36. The monoisotopic (exact) mass is 350 g/mol. The van der Waals surface area contributed by atoms with Crippen LogP contribution in [0.1, 0.15) is 5.56 Å². The summed E-state index contributed by atoms with van der Waals surface area (Å²) in [7, 11) is 0. The second-order valence-electron chi connectivity index (χ2n) is 4.39. The molecule has 1 atom stereocenters. The van der Waals surface area contributed by atoms with Crippen LogP contribution >= 0.6 is 34.8 Å². The molecule has 0 saturated carbocycles. The minimum atomic E-state index is -2.02. The van der Waals surface area contributed by atoms with Crippen molar-refractivity contribution in [3.8, 4) is 0 Å². The largest absolute Gasteiger partial charge is 0.438 e. The summed E-state index contributed by atoms with van der Waals surface area (Å²) in [6, 6.07) is 9.53. The van der Waals surface area contributed by atoms with E-state index in [0.29, 0.717) is 13.1 Å². The number of nitrogens with zero attached hydrogens (tertiary/aromatic N) is 1. The van der Waals surface area contributed by atoms with Gasteiger partial charge in [-0.05, 0) is 5.56 Å². The molecule has 1 saturated heterocycles. The highest BCUT2D eigenvalue weighted by atomic mass is 35.6. The normalized spacial score (nSPS) is 19.5. The Morgan fingerprint density at radius 1 is 1.38 bits per heavy atom. The summed E-state index contributed by atoms with van der Waals surface area (Å²) in [5, 5.41) is 7.48. The van der Waals surface area contributed by atoms with Gasteiger partial charge in [-0.25, -0.2) is 0 Å². The Morgan fingerprint density at radius 2 is 2.05 bits per heavy atom. The molecular weight excluding hydrogens is 339 g/mol. The topological polar surface area (TPSA) is 62.6 Å². The number of carbonyl (C=O) groups is 1. The molecule has 0 bridgehead atoms. The summed E-state index contributed by atoms with van der Waals surface area (Å²) < 4.78 is 8.18. The first-order chi connectivity index (χ1) is 9.88. The van der Waals surface area contributed by atoms with Gasteiger partial charge in [0.05, 0.1) is 6.61 Å². The van der Waals surface area contributed by atoms with Crippen molar-refractivity contribution < 1.29 is 14.3 Å². The third kappa shape index (κ3) is 4.48. The third-order valence-electron chi connectivity index (χ3n) is 2.84. The van der Waals surface area contributed by atoms with Crippen LogP contribution in [-0.4, -0.2) is 39.9 Å². The number of halogens is 3. The summed E-state index contributed by atoms with van der Waals surface area (Å²) in [6.45, 7) is 1.16. The van der Waals surface area contributed by atoms with Gasteiger partial charge in [0.25, 0.3) is 16.0 Å². The van der Waals surface area contributed by atoms with E-state index in [1.54, 1.807) is 4.90 Å². The summed E-state index contributed by atoms with van der Waals surface area (Å²) >= 11 is 16.6. The number of amides is 1. The van der Waals surface area contributed by atoms with E-state index in [1.165, 1.54) is 0 Å². The maximum absolute atomic E-state index is 12.2. The average Bonchev–Trinajstić information content (AvgIpc) is 2.43. The second kappa shape index (κ2) is 6.83. The second-order valence-corrected chi connectivity index (χ2v) is 6.67. The van der Waals surface area contributed by atoms with Crippen molar-refractivity contribution in [3.05, 3.63) is 35.9 Å². The molecule has 21 heavy (non-hydrogen) atoms. The molecule has 1 aliphatic rings. The lowest BCUT2D eigenvalue weighted by Crippen LogP contribution is -2.49. The fraction of sp³-hybridized carbons (Fsp3) is 0.385.